The Hall–Kier alpha value is -3.18. The lowest BCUT2D eigenvalue weighted by molar-refractivity contribution is 0.0514. The van der Waals surface area contributed by atoms with E-state index in [1.807, 2.05) is 18.2 Å². The molecular weight excluding hydrogens is 340 g/mol. The summed E-state index contributed by atoms with van der Waals surface area (Å²) in [6, 6.07) is 16.5. The molecule has 0 radical (unpaired) electrons. The van der Waals surface area contributed by atoms with Crippen molar-refractivity contribution in [3.8, 4) is 11.1 Å². The summed E-state index contributed by atoms with van der Waals surface area (Å²) in [6.45, 7) is 2.36. The van der Waals surface area contributed by atoms with E-state index in [0.29, 0.717) is 12.3 Å². The van der Waals surface area contributed by atoms with Crippen LogP contribution >= 0.6 is 0 Å². The number of fused-ring (bicyclic) bond motifs is 3. The van der Waals surface area contributed by atoms with E-state index >= 15 is 0 Å². The van der Waals surface area contributed by atoms with Crippen LogP contribution in [0.25, 0.3) is 32.9 Å². The van der Waals surface area contributed by atoms with Crippen LogP contribution in [0.4, 0.5) is 0 Å². The molecule has 0 atom stereocenters. The normalized spacial score (nSPS) is 11.2. The van der Waals surface area contributed by atoms with Gasteiger partial charge in [-0.2, -0.15) is 0 Å². The Labute approximate surface area is 156 Å². The van der Waals surface area contributed by atoms with Crippen molar-refractivity contribution >= 4 is 27.8 Å². The van der Waals surface area contributed by atoms with Gasteiger partial charge in [0.15, 0.2) is 5.69 Å². The van der Waals surface area contributed by atoms with Gasteiger partial charge in [-0.3, -0.25) is 0 Å². The SMILES string of the molecule is CCOC(=O)c1ncc2[nH]c3ccc(-c4ccccc4)cc3c2c1COC. The molecule has 5 heteroatoms. The second-order valence-corrected chi connectivity index (χ2v) is 6.28. The molecule has 27 heavy (non-hydrogen) atoms. The van der Waals surface area contributed by atoms with Gasteiger partial charge in [-0.05, 0) is 30.2 Å². The van der Waals surface area contributed by atoms with Crippen LogP contribution < -0.4 is 0 Å². The number of ether oxygens (including phenoxy) is 2. The molecule has 0 aliphatic carbocycles. The van der Waals surface area contributed by atoms with Crippen LogP contribution in [0.1, 0.15) is 23.0 Å². The Bertz CT molecular complexity index is 1120. The number of esters is 1. The number of carbonyl (C=O) groups excluding carboxylic acids is 1. The largest absolute Gasteiger partial charge is 0.461 e. The average Bonchev–Trinajstić information content (AvgIpc) is 3.07. The van der Waals surface area contributed by atoms with Gasteiger partial charge in [0.05, 0.1) is 24.9 Å². The van der Waals surface area contributed by atoms with Crippen molar-refractivity contribution < 1.29 is 14.3 Å². The van der Waals surface area contributed by atoms with Crippen LogP contribution in [-0.4, -0.2) is 29.7 Å². The summed E-state index contributed by atoms with van der Waals surface area (Å²) in [5.41, 5.74) is 5.16. The Kier molecular flexibility index (Phi) is 4.60. The zero-order valence-electron chi connectivity index (χ0n) is 15.3. The highest BCUT2D eigenvalue weighted by Crippen LogP contribution is 2.33. The van der Waals surface area contributed by atoms with Gasteiger partial charge in [0, 0.05) is 29.0 Å². The van der Waals surface area contributed by atoms with Gasteiger partial charge in [-0.15, -0.1) is 0 Å². The van der Waals surface area contributed by atoms with Gasteiger partial charge in [-0.25, -0.2) is 9.78 Å². The molecule has 0 fully saturated rings. The maximum absolute atomic E-state index is 12.4. The number of aromatic nitrogens is 2. The smallest absolute Gasteiger partial charge is 0.357 e. The first-order valence-electron chi connectivity index (χ1n) is 8.87. The fourth-order valence-corrected chi connectivity index (χ4v) is 3.43. The van der Waals surface area contributed by atoms with Gasteiger partial charge in [0.2, 0.25) is 0 Å². The Morgan fingerprint density at radius 1 is 1.07 bits per heavy atom. The minimum Gasteiger partial charge on any atom is -0.461 e. The highest BCUT2D eigenvalue weighted by molar-refractivity contribution is 6.12. The van der Waals surface area contributed by atoms with Crippen molar-refractivity contribution in [2.24, 2.45) is 0 Å². The molecule has 2 aromatic carbocycles. The number of hydrogen-bond acceptors (Lipinski definition) is 4. The van der Waals surface area contributed by atoms with E-state index in [4.69, 9.17) is 9.47 Å². The summed E-state index contributed by atoms with van der Waals surface area (Å²) < 4.78 is 10.6. The molecule has 4 aromatic rings. The molecule has 0 unspecified atom stereocenters. The molecule has 0 bridgehead atoms. The van der Waals surface area contributed by atoms with Gasteiger partial charge >= 0.3 is 5.97 Å². The van der Waals surface area contributed by atoms with E-state index in [-0.39, 0.29) is 6.61 Å². The summed E-state index contributed by atoms with van der Waals surface area (Å²) in [5.74, 6) is -0.431. The predicted molar refractivity (Wildman–Crippen MR) is 106 cm³/mol. The van der Waals surface area contributed by atoms with Crippen LogP contribution in [-0.2, 0) is 16.1 Å². The van der Waals surface area contributed by atoms with Gasteiger partial charge in [-0.1, -0.05) is 36.4 Å². The highest BCUT2D eigenvalue weighted by atomic mass is 16.5. The van der Waals surface area contributed by atoms with Crippen LogP contribution in [0.3, 0.4) is 0 Å². The molecule has 5 nitrogen and oxygen atoms in total. The third-order valence-electron chi connectivity index (χ3n) is 4.60. The quantitative estimate of drug-likeness (QED) is 0.524. The zero-order chi connectivity index (χ0) is 18.8. The first kappa shape index (κ1) is 17.2. The molecule has 0 amide bonds. The number of nitrogens with one attached hydrogen (secondary N) is 1. The number of pyridine rings is 1. The topological polar surface area (TPSA) is 64.2 Å². The van der Waals surface area contributed by atoms with E-state index in [0.717, 1.165) is 38.5 Å². The van der Waals surface area contributed by atoms with Crippen molar-refractivity contribution in [3.63, 3.8) is 0 Å². The third-order valence-corrected chi connectivity index (χ3v) is 4.60. The number of rotatable bonds is 5. The molecule has 4 rings (SSSR count). The van der Waals surface area contributed by atoms with Crippen molar-refractivity contribution in [2.75, 3.05) is 13.7 Å². The summed E-state index contributed by atoms with van der Waals surface area (Å²) >= 11 is 0. The summed E-state index contributed by atoms with van der Waals surface area (Å²) in [7, 11) is 1.61. The van der Waals surface area contributed by atoms with Crippen molar-refractivity contribution in [3.05, 3.63) is 66.0 Å². The number of benzene rings is 2. The number of aromatic amines is 1. The molecule has 2 heterocycles. The standard InChI is InChI=1S/C22H20N2O3/c1-3-27-22(25)21-17(13-26-2)20-16-11-15(14-7-5-4-6-8-14)9-10-18(16)24-19(20)12-23-21/h4-12,24H,3,13H2,1-2H3. The molecule has 0 saturated heterocycles. The molecular formula is C22H20N2O3. The Morgan fingerprint density at radius 3 is 2.63 bits per heavy atom. The maximum atomic E-state index is 12.4. The number of carbonyl (C=O) groups is 1. The van der Waals surface area contributed by atoms with Crippen molar-refractivity contribution in [1.29, 1.82) is 0 Å². The van der Waals surface area contributed by atoms with E-state index in [9.17, 15) is 4.79 Å². The molecule has 0 spiro atoms. The van der Waals surface area contributed by atoms with Crippen LogP contribution in [0.15, 0.2) is 54.7 Å². The first-order valence-corrected chi connectivity index (χ1v) is 8.87. The monoisotopic (exact) mass is 360 g/mol. The van der Waals surface area contributed by atoms with E-state index in [2.05, 4.69) is 40.3 Å². The number of nitrogens with zero attached hydrogens (tertiary/aromatic N) is 1. The minimum absolute atomic E-state index is 0.279. The summed E-state index contributed by atoms with van der Waals surface area (Å²) in [4.78, 5) is 20.1. The molecule has 0 saturated carbocycles. The zero-order valence-corrected chi connectivity index (χ0v) is 15.3. The predicted octanol–water partition coefficient (Wildman–Crippen LogP) is 4.71. The lowest BCUT2D eigenvalue weighted by atomic mass is 10.0. The van der Waals surface area contributed by atoms with Crippen LogP contribution in [0, 0.1) is 0 Å². The van der Waals surface area contributed by atoms with Gasteiger partial charge in [0.25, 0.3) is 0 Å². The summed E-state index contributed by atoms with van der Waals surface area (Å²) in [5, 5.41) is 1.98. The average molecular weight is 360 g/mol. The Morgan fingerprint density at radius 2 is 1.89 bits per heavy atom. The van der Waals surface area contributed by atoms with Crippen molar-refractivity contribution in [1.82, 2.24) is 9.97 Å². The second-order valence-electron chi connectivity index (χ2n) is 6.28. The lowest BCUT2D eigenvalue weighted by Crippen LogP contribution is -2.11. The molecule has 0 aliphatic heterocycles. The van der Waals surface area contributed by atoms with Crippen LogP contribution in [0.2, 0.25) is 0 Å². The molecule has 0 aliphatic rings. The fourth-order valence-electron chi connectivity index (χ4n) is 3.43. The fraction of sp³-hybridized carbons (Fsp3) is 0.182. The number of H-pyrrole nitrogens is 1. The number of hydrogen-bond donors (Lipinski definition) is 1. The van der Waals surface area contributed by atoms with Crippen molar-refractivity contribution in [2.45, 2.75) is 13.5 Å². The van der Waals surface area contributed by atoms with E-state index < -0.39 is 5.97 Å². The molecule has 136 valence electrons. The first-order chi connectivity index (χ1) is 13.2. The van der Waals surface area contributed by atoms with E-state index in [1.54, 1.807) is 20.2 Å². The van der Waals surface area contributed by atoms with Gasteiger partial charge < -0.3 is 14.5 Å². The van der Waals surface area contributed by atoms with Gasteiger partial charge in [0.1, 0.15) is 0 Å². The van der Waals surface area contributed by atoms with E-state index in [1.165, 1.54) is 0 Å². The Balaban J connectivity index is 1.98. The molecule has 1 N–H and O–H groups in total. The second kappa shape index (κ2) is 7.21. The van der Waals surface area contributed by atoms with Crippen LogP contribution in [0.5, 0.6) is 0 Å². The lowest BCUT2D eigenvalue weighted by Gasteiger charge is -2.09. The third kappa shape index (κ3) is 3.06. The number of methoxy groups -OCH3 is 1. The highest BCUT2D eigenvalue weighted by Gasteiger charge is 2.20. The molecule has 2 aromatic heterocycles. The summed E-state index contributed by atoms with van der Waals surface area (Å²) in [6.07, 6.45) is 1.68. The minimum atomic E-state index is -0.431. The maximum Gasteiger partial charge on any atom is 0.357 e.